The molecule has 3 rings (SSSR count). The van der Waals surface area contributed by atoms with Crippen LogP contribution in [0.15, 0.2) is 42.5 Å². The van der Waals surface area contributed by atoms with Crippen molar-refractivity contribution in [2.45, 2.75) is 32.2 Å². The van der Waals surface area contributed by atoms with Crippen LogP contribution < -0.4 is 9.47 Å². The number of rotatable bonds is 7. The van der Waals surface area contributed by atoms with Crippen LogP contribution in [0.1, 0.15) is 19.8 Å². The summed E-state index contributed by atoms with van der Waals surface area (Å²) in [4.78, 5) is 0. The van der Waals surface area contributed by atoms with E-state index in [0.717, 1.165) is 12.8 Å². The predicted molar refractivity (Wildman–Crippen MR) is 98.0 cm³/mol. The van der Waals surface area contributed by atoms with E-state index in [1.165, 1.54) is 0 Å². The van der Waals surface area contributed by atoms with Gasteiger partial charge >= 0.3 is 0 Å². The molecule has 0 amide bonds. The van der Waals surface area contributed by atoms with Gasteiger partial charge in [0.05, 0.1) is 11.6 Å². The molecule has 6 heteroatoms. The number of hydrogen-bond acceptors (Lipinski definition) is 4. The highest BCUT2D eigenvalue weighted by atomic mass is 35.5. The highest BCUT2D eigenvalue weighted by molar-refractivity contribution is 6.32. The summed E-state index contributed by atoms with van der Waals surface area (Å²) >= 11 is 12.2. The maximum atomic E-state index is 6.29. The molecule has 1 fully saturated rings. The minimum Gasteiger partial charge on any atom is -0.489 e. The zero-order chi connectivity index (χ0) is 17.6. The topological polar surface area (TPSA) is 36.9 Å². The van der Waals surface area contributed by atoms with Crippen molar-refractivity contribution in [3.05, 3.63) is 52.5 Å². The summed E-state index contributed by atoms with van der Waals surface area (Å²) in [5.74, 6) is 1.85. The molecule has 1 aliphatic heterocycles. The molecule has 0 bridgehead atoms. The van der Waals surface area contributed by atoms with Gasteiger partial charge < -0.3 is 18.9 Å². The van der Waals surface area contributed by atoms with E-state index in [1.54, 1.807) is 30.3 Å². The first-order valence-corrected chi connectivity index (χ1v) is 9.02. The first-order chi connectivity index (χ1) is 12.1. The van der Waals surface area contributed by atoms with E-state index in [4.69, 9.17) is 42.1 Å². The van der Waals surface area contributed by atoms with Gasteiger partial charge in [0, 0.05) is 11.1 Å². The average molecular weight is 383 g/mol. The van der Waals surface area contributed by atoms with Crippen LogP contribution in [0.5, 0.6) is 17.2 Å². The Morgan fingerprint density at radius 2 is 1.96 bits per heavy atom. The summed E-state index contributed by atoms with van der Waals surface area (Å²) in [6.45, 7) is 3.04. The minimum atomic E-state index is -0.123. The second kappa shape index (κ2) is 8.77. The van der Waals surface area contributed by atoms with E-state index in [9.17, 15) is 0 Å². The third-order valence-corrected chi connectivity index (χ3v) is 4.23. The summed E-state index contributed by atoms with van der Waals surface area (Å²) in [5.41, 5.74) is 0. The molecule has 4 nitrogen and oxygen atoms in total. The van der Waals surface area contributed by atoms with Crippen molar-refractivity contribution in [3.63, 3.8) is 0 Å². The van der Waals surface area contributed by atoms with E-state index < -0.39 is 0 Å². The van der Waals surface area contributed by atoms with Gasteiger partial charge in [-0.05, 0) is 36.8 Å². The number of halogens is 2. The van der Waals surface area contributed by atoms with E-state index >= 15 is 0 Å². The molecule has 0 spiro atoms. The van der Waals surface area contributed by atoms with Gasteiger partial charge in [-0.15, -0.1) is 0 Å². The largest absolute Gasteiger partial charge is 0.489 e. The van der Waals surface area contributed by atoms with Crippen LogP contribution in [-0.4, -0.2) is 25.6 Å². The lowest BCUT2D eigenvalue weighted by atomic mass is 10.3. The van der Waals surface area contributed by atoms with Crippen molar-refractivity contribution in [2.24, 2.45) is 0 Å². The van der Waals surface area contributed by atoms with Crippen LogP contribution in [0.25, 0.3) is 0 Å². The monoisotopic (exact) mass is 382 g/mol. The molecule has 0 saturated carbocycles. The summed E-state index contributed by atoms with van der Waals surface area (Å²) in [6, 6.07) is 12.5. The van der Waals surface area contributed by atoms with Crippen molar-refractivity contribution in [2.75, 3.05) is 13.2 Å². The van der Waals surface area contributed by atoms with Gasteiger partial charge in [0.1, 0.15) is 30.0 Å². The Morgan fingerprint density at radius 1 is 1.12 bits per heavy atom. The lowest BCUT2D eigenvalue weighted by molar-refractivity contribution is -0.0676. The van der Waals surface area contributed by atoms with Gasteiger partial charge in [0.25, 0.3) is 0 Å². The Hall–Kier alpha value is -1.46. The van der Waals surface area contributed by atoms with Gasteiger partial charge in [0.15, 0.2) is 6.29 Å². The zero-order valence-corrected chi connectivity index (χ0v) is 15.4. The molecule has 1 saturated heterocycles. The van der Waals surface area contributed by atoms with Crippen LogP contribution in [-0.2, 0) is 9.47 Å². The smallest absolute Gasteiger partial charge is 0.158 e. The fourth-order valence-corrected chi connectivity index (χ4v) is 2.90. The van der Waals surface area contributed by atoms with E-state index in [0.29, 0.717) is 40.5 Å². The van der Waals surface area contributed by atoms with Gasteiger partial charge in [-0.2, -0.15) is 0 Å². The first kappa shape index (κ1) is 18.3. The normalized spacial score (nSPS) is 19.8. The Bertz CT molecular complexity index is 708. The molecule has 2 atom stereocenters. The minimum absolute atomic E-state index is 0.0741. The third-order valence-electron chi connectivity index (χ3n) is 3.70. The number of benzene rings is 2. The van der Waals surface area contributed by atoms with Gasteiger partial charge in [0.2, 0.25) is 0 Å². The maximum absolute atomic E-state index is 6.29. The molecule has 2 aromatic carbocycles. The Morgan fingerprint density at radius 3 is 2.72 bits per heavy atom. The van der Waals surface area contributed by atoms with Crippen LogP contribution in [0.2, 0.25) is 10.0 Å². The van der Waals surface area contributed by atoms with Gasteiger partial charge in [-0.3, -0.25) is 0 Å². The SMILES string of the molecule is CCCC1OCC(COc2ccc(Oc3cccc(Cl)c3)cc2Cl)O1. The van der Waals surface area contributed by atoms with Crippen LogP contribution in [0.3, 0.4) is 0 Å². The Kier molecular flexibility index (Phi) is 6.43. The van der Waals surface area contributed by atoms with Crippen molar-refractivity contribution in [3.8, 4) is 17.2 Å². The van der Waals surface area contributed by atoms with E-state index in [2.05, 4.69) is 6.92 Å². The molecule has 0 N–H and O–H groups in total. The zero-order valence-electron chi connectivity index (χ0n) is 13.9. The Balaban J connectivity index is 1.55. The van der Waals surface area contributed by atoms with Crippen molar-refractivity contribution >= 4 is 23.2 Å². The lowest BCUT2D eigenvalue weighted by Crippen LogP contribution is -2.21. The lowest BCUT2D eigenvalue weighted by Gasteiger charge is -2.14. The quantitative estimate of drug-likeness (QED) is 0.614. The molecule has 25 heavy (non-hydrogen) atoms. The number of ether oxygens (including phenoxy) is 4. The van der Waals surface area contributed by atoms with Crippen LogP contribution in [0, 0.1) is 0 Å². The van der Waals surface area contributed by atoms with Gasteiger partial charge in [-0.1, -0.05) is 42.6 Å². The highest BCUT2D eigenvalue weighted by Crippen LogP contribution is 2.32. The molecule has 134 valence electrons. The van der Waals surface area contributed by atoms with Crippen LogP contribution in [0.4, 0.5) is 0 Å². The molecular formula is C19H20Cl2O4. The fraction of sp³-hybridized carbons (Fsp3) is 0.368. The van der Waals surface area contributed by atoms with Crippen molar-refractivity contribution in [1.82, 2.24) is 0 Å². The Labute approximate surface area is 157 Å². The molecule has 0 aliphatic carbocycles. The predicted octanol–water partition coefficient (Wildman–Crippen LogP) is 5.71. The maximum Gasteiger partial charge on any atom is 0.158 e. The second-order valence-electron chi connectivity index (χ2n) is 5.77. The first-order valence-electron chi connectivity index (χ1n) is 8.27. The van der Waals surface area contributed by atoms with Crippen LogP contribution >= 0.6 is 23.2 Å². The van der Waals surface area contributed by atoms with Crippen molar-refractivity contribution in [1.29, 1.82) is 0 Å². The van der Waals surface area contributed by atoms with E-state index in [-0.39, 0.29) is 12.4 Å². The molecular weight excluding hydrogens is 363 g/mol. The fourth-order valence-electron chi connectivity index (χ4n) is 2.49. The molecule has 2 unspecified atom stereocenters. The summed E-state index contributed by atoms with van der Waals surface area (Å²) < 4.78 is 22.8. The van der Waals surface area contributed by atoms with Gasteiger partial charge in [-0.25, -0.2) is 0 Å². The summed E-state index contributed by atoms with van der Waals surface area (Å²) in [5, 5.41) is 1.09. The standard InChI is InChI=1S/C19H20Cl2O4/c1-2-4-19-23-12-16(25-19)11-22-18-8-7-15(10-17(18)21)24-14-6-3-5-13(20)9-14/h3,5-10,16,19H,2,4,11-12H2,1H3. The van der Waals surface area contributed by atoms with Crippen molar-refractivity contribution < 1.29 is 18.9 Å². The molecule has 2 aromatic rings. The third kappa shape index (κ3) is 5.25. The second-order valence-corrected chi connectivity index (χ2v) is 6.62. The highest BCUT2D eigenvalue weighted by Gasteiger charge is 2.25. The average Bonchev–Trinajstić information content (AvgIpc) is 3.02. The van der Waals surface area contributed by atoms with E-state index in [1.807, 2.05) is 12.1 Å². The molecule has 1 aliphatic rings. The molecule has 1 heterocycles. The summed E-state index contributed by atoms with van der Waals surface area (Å²) in [7, 11) is 0. The molecule has 0 aromatic heterocycles. The summed E-state index contributed by atoms with van der Waals surface area (Å²) in [6.07, 6.45) is 1.72. The molecule has 0 radical (unpaired) electrons. The number of hydrogen-bond donors (Lipinski definition) is 0.